The molecule has 0 aromatic rings. The lowest BCUT2D eigenvalue weighted by molar-refractivity contribution is -0.0782. The highest BCUT2D eigenvalue weighted by molar-refractivity contribution is 5.31. The van der Waals surface area contributed by atoms with E-state index in [2.05, 4.69) is 47.6 Å². The Hall–Kier alpha value is -0.340. The van der Waals surface area contributed by atoms with Crippen LogP contribution in [0.15, 0.2) is 11.6 Å². The first-order valence-electron chi connectivity index (χ1n) is 13.6. The minimum absolute atomic E-state index is 0.0584. The Labute approximate surface area is 192 Å². The summed E-state index contributed by atoms with van der Waals surface area (Å²) in [5.41, 5.74) is 2.35. The Bertz CT molecular complexity index is 680. The normalized spacial score (nSPS) is 45.8. The van der Waals surface area contributed by atoms with Gasteiger partial charge < -0.3 is 10.2 Å². The maximum absolute atomic E-state index is 10.7. The van der Waals surface area contributed by atoms with Gasteiger partial charge in [0.25, 0.3) is 0 Å². The van der Waals surface area contributed by atoms with Crippen LogP contribution >= 0.6 is 0 Å². The van der Waals surface area contributed by atoms with Gasteiger partial charge in [-0.05, 0) is 97.7 Å². The number of rotatable bonds is 6. The van der Waals surface area contributed by atoms with Crippen molar-refractivity contribution in [1.82, 2.24) is 0 Å². The van der Waals surface area contributed by atoms with Crippen LogP contribution in [0, 0.1) is 51.8 Å². The molecule has 2 N–H and O–H groups in total. The third kappa shape index (κ3) is 3.76. The molecule has 4 aliphatic carbocycles. The number of hydrogen-bond donors (Lipinski definition) is 2. The van der Waals surface area contributed by atoms with Gasteiger partial charge in [0, 0.05) is 12.0 Å². The summed E-state index contributed by atoms with van der Waals surface area (Å²) in [4.78, 5) is 0. The number of allylic oxidation sites excluding steroid dienone is 1. The molecule has 178 valence electrons. The molecule has 4 rings (SSSR count). The van der Waals surface area contributed by atoms with Crippen molar-refractivity contribution in [2.45, 2.75) is 112 Å². The molecule has 4 aliphatic rings. The van der Waals surface area contributed by atoms with E-state index in [9.17, 15) is 10.2 Å². The van der Waals surface area contributed by atoms with Crippen molar-refractivity contribution in [3.8, 4) is 0 Å². The van der Waals surface area contributed by atoms with Crippen molar-refractivity contribution < 1.29 is 10.2 Å². The van der Waals surface area contributed by atoms with Gasteiger partial charge in [0.2, 0.25) is 0 Å². The van der Waals surface area contributed by atoms with E-state index >= 15 is 0 Å². The van der Waals surface area contributed by atoms with Crippen LogP contribution in [0.3, 0.4) is 0 Å². The molecule has 0 heterocycles. The largest absolute Gasteiger partial charge is 0.396 e. The fourth-order valence-corrected chi connectivity index (χ4v) is 9.45. The van der Waals surface area contributed by atoms with Crippen LogP contribution in [-0.4, -0.2) is 22.9 Å². The summed E-state index contributed by atoms with van der Waals surface area (Å²) >= 11 is 0. The summed E-state index contributed by atoms with van der Waals surface area (Å²) in [6.07, 6.45) is 15.3. The average molecular weight is 431 g/mol. The van der Waals surface area contributed by atoms with Gasteiger partial charge in [-0.2, -0.15) is 0 Å². The van der Waals surface area contributed by atoms with Gasteiger partial charge >= 0.3 is 0 Å². The topological polar surface area (TPSA) is 40.5 Å². The molecule has 0 aromatic carbocycles. The fourth-order valence-electron chi connectivity index (χ4n) is 9.45. The van der Waals surface area contributed by atoms with E-state index in [0.717, 1.165) is 36.0 Å². The molecule has 2 heteroatoms. The van der Waals surface area contributed by atoms with E-state index in [1.807, 2.05) is 0 Å². The summed E-state index contributed by atoms with van der Waals surface area (Å²) in [5, 5.41) is 20.1. The first-order valence-corrected chi connectivity index (χ1v) is 13.6. The highest BCUT2D eigenvalue weighted by Crippen LogP contribution is 2.68. The second-order valence-electron chi connectivity index (χ2n) is 13.3. The molecular formula is C29H50O2. The van der Waals surface area contributed by atoms with Gasteiger partial charge in [0.15, 0.2) is 0 Å². The molecule has 3 fully saturated rings. The Balaban J connectivity index is 1.50. The van der Waals surface area contributed by atoms with Crippen molar-refractivity contribution >= 4 is 0 Å². The van der Waals surface area contributed by atoms with Crippen LogP contribution in [0.1, 0.15) is 106 Å². The van der Waals surface area contributed by atoms with Crippen molar-refractivity contribution in [2.75, 3.05) is 6.61 Å². The molecule has 0 aromatic heterocycles. The van der Waals surface area contributed by atoms with Crippen LogP contribution < -0.4 is 0 Å². The van der Waals surface area contributed by atoms with E-state index in [-0.39, 0.29) is 11.5 Å². The molecule has 9 atom stereocenters. The zero-order chi connectivity index (χ0) is 22.6. The van der Waals surface area contributed by atoms with Crippen molar-refractivity contribution in [3.05, 3.63) is 11.6 Å². The quantitative estimate of drug-likeness (QED) is 0.445. The minimum Gasteiger partial charge on any atom is -0.396 e. The molecular weight excluding hydrogens is 380 g/mol. The lowest BCUT2D eigenvalue weighted by Crippen LogP contribution is -2.54. The molecule has 0 spiro atoms. The third-order valence-corrected chi connectivity index (χ3v) is 11.4. The van der Waals surface area contributed by atoms with Gasteiger partial charge in [-0.15, -0.1) is 0 Å². The number of fused-ring (bicyclic) bond motifs is 5. The summed E-state index contributed by atoms with van der Waals surface area (Å²) in [6.45, 7) is 14.8. The second kappa shape index (κ2) is 8.46. The van der Waals surface area contributed by atoms with E-state index in [1.54, 1.807) is 5.57 Å². The summed E-state index contributed by atoms with van der Waals surface area (Å²) in [7, 11) is 0. The van der Waals surface area contributed by atoms with Crippen molar-refractivity contribution in [2.24, 2.45) is 51.8 Å². The van der Waals surface area contributed by atoms with Crippen LogP contribution in [0.4, 0.5) is 0 Å². The molecule has 0 amide bonds. The fraction of sp³-hybridized carbons (Fsp3) is 0.931. The van der Waals surface area contributed by atoms with Gasteiger partial charge in [-0.1, -0.05) is 66.0 Å². The van der Waals surface area contributed by atoms with E-state index in [0.29, 0.717) is 23.4 Å². The first kappa shape index (κ1) is 23.8. The highest BCUT2D eigenvalue weighted by Gasteiger charge is 2.61. The average Bonchev–Trinajstić information content (AvgIpc) is 3.08. The summed E-state index contributed by atoms with van der Waals surface area (Å²) in [6, 6.07) is 0. The molecule has 31 heavy (non-hydrogen) atoms. The first-order chi connectivity index (χ1) is 14.6. The van der Waals surface area contributed by atoms with Gasteiger partial charge in [-0.3, -0.25) is 0 Å². The predicted octanol–water partition coefficient (Wildman–Crippen LogP) is 7.00. The molecule has 0 radical (unpaired) electrons. The smallest absolute Gasteiger partial charge is 0.0628 e. The molecule has 0 bridgehead atoms. The molecule has 0 saturated heterocycles. The van der Waals surface area contributed by atoms with Gasteiger partial charge in [0.05, 0.1) is 6.10 Å². The van der Waals surface area contributed by atoms with Gasteiger partial charge in [0.1, 0.15) is 0 Å². The third-order valence-electron chi connectivity index (χ3n) is 11.4. The standard InChI is InChI=1S/C29H50O2/c1-19(18-30)8-7-9-20(2)22-11-12-23-21-10-13-25-27(3,4)26(31)15-17-29(25,6)24(21)14-16-28(22,23)5/h13,19-24,26,30-31H,7-12,14-18H2,1-6H3/t19-,20+,21-,22+,23-,24-,26-,28+,29+/m0/s1. The molecule has 0 unspecified atom stereocenters. The zero-order valence-corrected chi connectivity index (χ0v) is 21.3. The second-order valence-corrected chi connectivity index (χ2v) is 13.3. The Kier molecular flexibility index (Phi) is 6.50. The van der Waals surface area contributed by atoms with Crippen LogP contribution in [-0.2, 0) is 0 Å². The predicted molar refractivity (Wildman–Crippen MR) is 130 cm³/mol. The monoisotopic (exact) mass is 430 g/mol. The van der Waals surface area contributed by atoms with Crippen molar-refractivity contribution in [1.29, 1.82) is 0 Å². The molecule has 2 nitrogen and oxygen atoms in total. The molecule has 0 aliphatic heterocycles. The Morgan fingerprint density at radius 2 is 1.71 bits per heavy atom. The maximum atomic E-state index is 10.7. The van der Waals surface area contributed by atoms with Crippen LogP contribution in [0.25, 0.3) is 0 Å². The lowest BCUT2D eigenvalue weighted by atomic mass is 9.44. The summed E-state index contributed by atoms with van der Waals surface area (Å²) in [5.74, 6) is 4.70. The maximum Gasteiger partial charge on any atom is 0.0628 e. The number of aliphatic hydroxyl groups is 2. The Morgan fingerprint density at radius 1 is 0.968 bits per heavy atom. The number of hydrogen-bond acceptors (Lipinski definition) is 2. The lowest BCUT2D eigenvalue weighted by Gasteiger charge is -2.61. The Morgan fingerprint density at radius 3 is 2.42 bits per heavy atom. The number of aliphatic hydroxyl groups excluding tert-OH is 2. The SMILES string of the molecule is C[C@H](CO)CCC[C@@H](C)[C@H]1CC[C@H]2[C@@H]3CC=C4C(C)(C)[C@@H](O)CC[C@]4(C)[C@H]3CC[C@]12C. The molecule has 3 saturated carbocycles. The van der Waals surface area contributed by atoms with Crippen LogP contribution in [0.2, 0.25) is 0 Å². The minimum atomic E-state index is -0.178. The van der Waals surface area contributed by atoms with Crippen molar-refractivity contribution in [3.63, 3.8) is 0 Å². The van der Waals surface area contributed by atoms with E-state index in [4.69, 9.17) is 0 Å². The summed E-state index contributed by atoms with van der Waals surface area (Å²) < 4.78 is 0. The highest BCUT2D eigenvalue weighted by atomic mass is 16.3. The van der Waals surface area contributed by atoms with Crippen LogP contribution in [0.5, 0.6) is 0 Å². The van der Waals surface area contributed by atoms with E-state index in [1.165, 1.54) is 57.8 Å². The zero-order valence-electron chi connectivity index (χ0n) is 21.3. The van der Waals surface area contributed by atoms with E-state index < -0.39 is 0 Å². The van der Waals surface area contributed by atoms with Gasteiger partial charge in [-0.25, -0.2) is 0 Å².